The normalized spacial score (nSPS) is 12.2. The van der Waals surface area contributed by atoms with Gasteiger partial charge < -0.3 is 5.11 Å². The smallest absolute Gasteiger partial charge is 0.311 e. The molecule has 2 nitrogen and oxygen atoms in total. The largest absolute Gasteiger partial charge is 0.481 e. The number of aliphatic carboxylic acids is 1. The average molecular weight is 297 g/mol. The van der Waals surface area contributed by atoms with Gasteiger partial charge in [0.15, 0.2) is 0 Å². The van der Waals surface area contributed by atoms with Gasteiger partial charge in [0, 0.05) is 0 Å². The first kappa shape index (κ1) is 14.5. The van der Waals surface area contributed by atoms with Crippen LogP contribution in [0.15, 0.2) is 42.5 Å². The Labute approximate surface area is 119 Å². The third-order valence-corrected chi connectivity index (χ3v) is 3.26. The van der Waals surface area contributed by atoms with Crippen LogP contribution in [0.5, 0.6) is 0 Å². The summed E-state index contributed by atoms with van der Waals surface area (Å²) in [5.41, 5.74) is 0.936. The summed E-state index contributed by atoms with van der Waals surface area (Å²) in [6, 6.07) is 9.47. The molecule has 20 heavy (non-hydrogen) atoms. The van der Waals surface area contributed by atoms with Gasteiger partial charge in [0.1, 0.15) is 11.6 Å². The van der Waals surface area contributed by atoms with Crippen LogP contribution in [0, 0.1) is 11.6 Å². The topological polar surface area (TPSA) is 37.3 Å². The van der Waals surface area contributed by atoms with Crippen LogP contribution >= 0.6 is 11.6 Å². The minimum Gasteiger partial charge on any atom is -0.481 e. The second-order valence-corrected chi connectivity index (χ2v) is 4.81. The number of carboxylic acid groups (broad SMARTS) is 1. The maximum Gasteiger partial charge on any atom is 0.311 e. The summed E-state index contributed by atoms with van der Waals surface area (Å²) in [6.45, 7) is 0. The Morgan fingerprint density at radius 2 is 1.95 bits per heavy atom. The molecule has 0 aromatic heterocycles. The molecule has 1 N–H and O–H groups in total. The summed E-state index contributed by atoms with van der Waals surface area (Å²) in [5.74, 6) is -3.04. The van der Waals surface area contributed by atoms with Crippen molar-refractivity contribution in [1.29, 1.82) is 0 Å². The van der Waals surface area contributed by atoms with E-state index in [0.29, 0.717) is 11.1 Å². The number of carboxylic acids is 1. The molecule has 0 amide bonds. The number of hydrogen-bond acceptors (Lipinski definition) is 1. The Morgan fingerprint density at radius 1 is 1.20 bits per heavy atom. The van der Waals surface area contributed by atoms with Gasteiger partial charge in [-0.3, -0.25) is 4.79 Å². The summed E-state index contributed by atoms with van der Waals surface area (Å²) >= 11 is 5.67. The highest BCUT2D eigenvalue weighted by Gasteiger charge is 2.21. The number of rotatable bonds is 4. The zero-order valence-electron chi connectivity index (χ0n) is 10.3. The van der Waals surface area contributed by atoms with E-state index in [1.165, 1.54) is 36.4 Å². The van der Waals surface area contributed by atoms with Crippen LogP contribution in [0.4, 0.5) is 8.78 Å². The average Bonchev–Trinajstić information content (AvgIpc) is 2.39. The Hall–Kier alpha value is -1.94. The molecular formula is C15H11ClF2O2. The fraction of sp³-hybridized carbons (Fsp3) is 0.133. The lowest BCUT2D eigenvalue weighted by Gasteiger charge is -2.13. The van der Waals surface area contributed by atoms with Crippen molar-refractivity contribution in [2.45, 2.75) is 12.3 Å². The lowest BCUT2D eigenvalue weighted by molar-refractivity contribution is -0.138. The highest BCUT2D eigenvalue weighted by Crippen LogP contribution is 2.24. The van der Waals surface area contributed by atoms with Gasteiger partial charge in [-0.25, -0.2) is 8.78 Å². The third kappa shape index (κ3) is 3.33. The standard InChI is InChI=1S/C15H11ClF2O2/c16-13-7-9(4-5-14(13)18)6-12(15(19)20)10-2-1-3-11(17)8-10/h1-5,7-8,12H,6H2,(H,19,20). The van der Waals surface area contributed by atoms with Crippen molar-refractivity contribution in [3.8, 4) is 0 Å². The monoisotopic (exact) mass is 296 g/mol. The van der Waals surface area contributed by atoms with Gasteiger partial charge in [-0.15, -0.1) is 0 Å². The van der Waals surface area contributed by atoms with E-state index < -0.39 is 23.5 Å². The van der Waals surface area contributed by atoms with Crippen molar-refractivity contribution in [2.75, 3.05) is 0 Å². The van der Waals surface area contributed by atoms with Crippen molar-refractivity contribution in [3.05, 3.63) is 70.2 Å². The number of hydrogen-bond donors (Lipinski definition) is 1. The van der Waals surface area contributed by atoms with Crippen LogP contribution in [-0.4, -0.2) is 11.1 Å². The van der Waals surface area contributed by atoms with Crippen molar-refractivity contribution >= 4 is 17.6 Å². The molecule has 1 unspecified atom stereocenters. The highest BCUT2D eigenvalue weighted by molar-refractivity contribution is 6.30. The molecule has 104 valence electrons. The van der Waals surface area contributed by atoms with Crippen LogP contribution < -0.4 is 0 Å². The maximum absolute atomic E-state index is 13.2. The van der Waals surface area contributed by atoms with Crippen molar-refractivity contribution < 1.29 is 18.7 Å². The summed E-state index contributed by atoms with van der Waals surface area (Å²) < 4.78 is 26.3. The number of halogens is 3. The van der Waals surface area contributed by atoms with E-state index in [1.54, 1.807) is 6.07 Å². The van der Waals surface area contributed by atoms with E-state index in [4.69, 9.17) is 11.6 Å². The van der Waals surface area contributed by atoms with Gasteiger partial charge in [0.2, 0.25) is 0 Å². The van der Waals surface area contributed by atoms with Gasteiger partial charge in [-0.1, -0.05) is 29.8 Å². The van der Waals surface area contributed by atoms with Crippen LogP contribution in [0.3, 0.4) is 0 Å². The van der Waals surface area contributed by atoms with Crippen molar-refractivity contribution in [3.63, 3.8) is 0 Å². The Kier molecular flexibility index (Phi) is 4.35. The van der Waals surface area contributed by atoms with Gasteiger partial charge in [-0.05, 0) is 41.8 Å². The second kappa shape index (κ2) is 6.01. The molecular weight excluding hydrogens is 286 g/mol. The van der Waals surface area contributed by atoms with Gasteiger partial charge in [-0.2, -0.15) is 0 Å². The minimum atomic E-state index is -1.07. The van der Waals surface area contributed by atoms with Crippen LogP contribution in [0.1, 0.15) is 17.0 Å². The highest BCUT2D eigenvalue weighted by atomic mass is 35.5. The maximum atomic E-state index is 13.2. The molecule has 1 atom stereocenters. The summed E-state index contributed by atoms with van der Waals surface area (Å²) in [5, 5.41) is 9.21. The van der Waals surface area contributed by atoms with E-state index in [9.17, 15) is 18.7 Å². The first-order chi connectivity index (χ1) is 9.47. The zero-order valence-corrected chi connectivity index (χ0v) is 11.1. The van der Waals surface area contributed by atoms with Gasteiger partial charge in [0.25, 0.3) is 0 Å². The number of benzene rings is 2. The Bertz CT molecular complexity index is 644. The van der Waals surface area contributed by atoms with Crippen molar-refractivity contribution in [1.82, 2.24) is 0 Å². The van der Waals surface area contributed by atoms with E-state index in [2.05, 4.69) is 0 Å². The molecule has 0 bridgehead atoms. The summed E-state index contributed by atoms with van der Waals surface area (Å²) in [6.07, 6.45) is 0.110. The van der Waals surface area contributed by atoms with E-state index in [0.717, 1.165) is 0 Å². The lowest BCUT2D eigenvalue weighted by atomic mass is 9.92. The van der Waals surface area contributed by atoms with E-state index >= 15 is 0 Å². The van der Waals surface area contributed by atoms with Crippen molar-refractivity contribution in [2.24, 2.45) is 0 Å². The molecule has 0 aliphatic rings. The third-order valence-electron chi connectivity index (χ3n) is 2.97. The summed E-state index contributed by atoms with van der Waals surface area (Å²) in [4.78, 5) is 11.3. The van der Waals surface area contributed by atoms with E-state index in [1.807, 2.05) is 0 Å². The van der Waals surface area contributed by atoms with Crippen LogP contribution in [0.2, 0.25) is 5.02 Å². The predicted octanol–water partition coefficient (Wildman–Crippen LogP) is 4.03. The quantitative estimate of drug-likeness (QED) is 0.925. The van der Waals surface area contributed by atoms with Gasteiger partial charge in [0.05, 0.1) is 10.9 Å². The molecule has 2 rings (SSSR count). The minimum absolute atomic E-state index is 0.0640. The molecule has 0 fully saturated rings. The molecule has 2 aromatic rings. The molecule has 0 aliphatic heterocycles. The van der Waals surface area contributed by atoms with Crippen LogP contribution in [-0.2, 0) is 11.2 Å². The molecule has 5 heteroatoms. The fourth-order valence-electron chi connectivity index (χ4n) is 1.97. The molecule has 0 saturated carbocycles. The summed E-state index contributed by atoms with van der Waals surface area (Å²) in [7, 11) is 0. The zero-order chi connectivity index (χ0) is 14.7. The molecule has 2 aromatic carbocycles. The molecule has 0 spiro atoms. The number of carbonyl (C=O) groups is 1. The first-order valence-corrected chi connectivity index (χ1v) is 6.27. The Morgan fingerprint density at radius 3 is 2.55 bits per heavy atom. The SMILES string of the molecule is O=C(O)C(Cc1ccc(F)c(Cl)c1)c1cccc(F)c1. The molecule has 0 saturated heterocycles. The van der Waals surface area contributed by atoms with Crippen LogP contribution in [0.25, 0.3) is 0 Å². The fourth-order valence-corrected chi connectivity index (χ4v) is 2.18. The molecule has 0 heterocycles. The molecule has 0 aliphatic carbocycles. The van der Waals surface area contributed by atoms with Gasteiger partial charge >= 0.3 is 5.97 Å². The Balaban J connectivity index is 2.30. The molecule has 0 radical (unpaired) electrons. The second-order valence-electron chi connectivity index (χ2n) is 4.40. The van der Waals surface area contributed by atoms with E-state index in [-0.39, 0.29) is 11.4 Å². The lowest BCUT2D eigenvalue weighted by Crippen LogP contribution is -2.14. The first-order valence-electron chi connectivity index (χ1n) is 5.89. The predicted molar refractivity (Wildman–Crippen MR) is 71.9 cm³/mol.